The topological polar surface area (TPSA) is 41.6 Å². The lowest BCUT2D eigenvalue weighted by Crippen LogP contribution is -1.95. The number of hydrogen-bond acceptors (Lipinski definition) is 3. The second-order valence-electron chi connectivity index (χ2n) is 4.69. The molecule has 1 heterocycles. The summed E-state index contributed by atoms with van der Waals surface area (Å²) < 4.78 is 12.9. The molecule has 6 heteroatoms. The van der Waals surface area contributed by atoms with E-state index in [9.17, 15) is 4.39 Å². The summed E-state index contributed by atoms with van der Waals surface area (Å²) in [6.07, 6.45) is 0. The van der Waals surface area contributed by atoms with Crippen molar-refractivity contribution in [2.24, 2.45) is 0 Å². The average Bonchev–Trinajstić information content (AvgIpc) is 3.03. The number of rotatable bonds is 5. The minimum atomic E-state index is -0.377. The van der Waals surface area contributed by atoms with E-state index in [1.807, 2.05) is 30.3 Å². The van der Waals surface area contributed by atoms with Crippen LogP contribution in [0.1, 0.15) is 22.3 Å². The summed E-state index contributed by atoms with van der Waals surface area (Å²) in [5.74, 6) is 1.01. The minimum absolute atomic E-state index is 0.233. The van der Waals surface area contributed by atoms with Crippen LogP contribution in [0.4, 0.5) is 4.39 Å². The van der Waals surface area contributed by atoms with E-state index >= 15 is 0 Å². The third-order valence-electron chi connectivity index (χ3n) is 3.09. The van der Waals surface area contributed by atoms with Crippen LogP contribution in [-0.4, -0.2) is 15.2 Å². The third-order valence-corrected chi connectivity index (χ3v) is 4.47. The number of H-pyrrole nitrogens is 1. The van der Waals surface area contributed by atoms with Crippen molar-refractivity contribution in [3.8, 4) is 0 Å². The van der Waals surface area contributed by atoms with Gasteiger partial charge in [-0.25, -0.2) is 9.37 Å². The van der Waals surface area contributed by atoms with Crippen LogP contribution in [0.25, 0.3) is 0 Å². The van der Waals surface area contributed by atoms with Gasteiger partial charge in [0, 0.05) is 5.75 Å². The Hall–Kier alpha value is -1.85. The summed E-state index contributed by atoms with van der Waals surface area (Å²) >= 11 is 7.89. The van der Waals surface area contributed by atoms with Crippen molar-refractivity contribution in [3.63, 3.8) is 0 Å². The first-order chi connectivity index (χ1) is 10.7. The van der Waals surface area contributed by atoms with E-state index in [0.717, 1.165) is 11.1 Å². The Kier molecular flexibility index (Phi) is 4.75. The SMILES string of the molecule is Fc1ccc(CSc2nc(C(Cl)c3ccccc3)n[nH]2)cc1. The van der Waals surface area contributed by atoms with Gasteiger partial charge in [0.1, 0.15) is 11.2 Å². The molecule has 2 aromatic carbocycles. The van der Waals surface area contributed by atoms with Crippen LogP contribution in [0.3, 0.4) is 0 Å². The van der Waals surface area contributed by atoms with Crippen LogP contribution in [0.15, 0.2) is 59.8 Å². The summed E-state index contributed by atoms with van der Waals surface area (Å²) in [5.41, 5.74) is 1.98. The van der Waals surface area contributed by atoms with E-state index in [1.165, 1.54) is 23.9 Å². The zero-order valence-electron chi connectivity index (χ0n) is 11.5. The Morgan fingerprint density at radius 3 is 2.55 bits per heavy atom. The highest BCUT2D eigenvalue weighted by molar-refractivity contribution is 7.98. The quantitative estimate of drug-likeness (QED) is 0.549. The molecule has 1 unspecified atom stereocenters. The van der Waals surface area contributed by atoms with Crippen molar-refractivity contribution in [1.29, 1.82) is 0 Å². The van der Waals surface area contributed by atoms with Crippen LogP contribution in [-0.2, 0) is 5.75 Å². The molecule has 3 nitrogen and oxygen atoms in total. The van der Waals surface area contributed by atoms with Gasteiger partial charge in [-0.2, -0.15) is 5.10 Å². The predicted octanol–water partition coefficient (Wildman–Crippen LogP) is 4.56. The number of thioether (sulfide) groups is 1. The number of hydrogen-bond donors (Lipinski definition) is 1. The molecule has 0 spiro atoms. The van der Waals surface area contributed by atoms with Gasteiger partial charge in [0.25, 0.3) is 0 Å². The van der Waals surface area contributed by atoms with Crippen LogP contribution in [0.2, 0.25) is 0 Å². The van der Waals surface area contributed by atoms with Gasteiger partial charge < -0.3 is 0 Å². The van der Waals surface area contributed by atoms with Crippen molar-refractivity contribution in [2.75, 3.05) is 0 Å². The number of benzene rings is 2. The van der Waals surface area contributed by atoms with E-state index in [0.29, 0.717) is 16.7 Å². The summed E-state index contributed by atoms with van der Waals surface area (Å²) in [6.45, 7) is 0. The fourth-order valence-corrected chi connectivity index (χ4v) is 2.95. The van der Waals surface area contributed by atoms with Gasteiger partial charge in [-0.1, -0.05) is 54.2 Å². The van der Waals surface area contributed by atoms with Crippen LogP contribution in [0.5, 0.6) is 0 Å². The Labute approximate surface area is 136 Å². The summed E-state index contributed by atoms with van der Waals surface area (Å²) in [4.78, 5) is 4.41. The largest absolute Gasteiger partial charge is 0.254 e. The summed E-state index contributed by atoms with van der Waals surface area (Å²) in [6, 6.07) is 16.1. The first-order valence-corrected chi connectivity index (χ1v) is 8.13. The van der Waals surface area contributed by atoms with E-state index in [4.69, 9.17) is 11.6 Å². The van der Waals surface area contributed by atoms with Crippen LogP contribution in [0, 0.1) is 5.82 Å². The Bertz CT molecular complexity index is 731. The molecule has 1 N–H and O–H groups in total. The van der Waals surface area contributed by atoms with Gasteiger partial charge in [-0.15, -0.1) is 11.6 Å². The molecular weight excluding hydrogens is 321 g/mol. The fraction of sp³-hybridized carbons (Fsp3) is 0.125. The Morgan fingerprint density at radius 1 is 1.09 bits per heavy atom. The highest BCUT2D eigenvalue weighted by atomic mass is 35.5. The van der Waals surface area contributed by atoms with Crippen LogP contribution < -0.4 is 0 Å². The van der Waals surface area contributed by atoms with Crippen molar-refractivity contribution in [3.05, 3.63) is 77.4 Å². The normalized spacial score (nSPS) is 12.3. The maximum absolute atomic E-state index is 12.9. The summed E-state index contributed by atoms with van der Waals surface area (Å²) in [5, 5.41) is 7.37. The van der Waals surface area contributed by atoms with E-state index in [-0.39, 0.29) is 11.2 Å². The first kappa shape index (κ1) is 15.1. The number of alkyl halides is 1. The van der Waals surface area contributed by atoms with E-state index in [1.54, 1.807) is 12.1 Å². The van der Waals surface area contributed by atoms with Gasteiger partial charge >= 0.3 is 0 Å². The van der Waals surface area contributed by atoms with E-state index in [2.05, 4.69) is 15.2 Å². The lowest BCUT2D eigenvalue weighted by molar-refractivity contribution is 0.627. The molecule has 0 saturated carbocycles. The molecule has 3 rings (SSSR count). The van der Waals surface area contributed by atoms with Crippen LogP contribution >= 0.6 is 23.4 Å². The van der Waals surface area contributed by atoms with Gasteiger partial charge in [-0.05, 0) is 23.3 Å². The Morgan fingerprint density at radius 2 is 1.82 bits per heavy atom. The van der Waals surface area contributed by atoms with Crippen molar-refractivity contribution in [2.45, 2.75) is 16.3 Å². The van der Waals surface area contributed by atoms with Crippen molar-refractivity contribution >= 4 is 23.4 Å². The Balaban J connectivity index is 1.65. The maximum Gasteiger partial charge on any atom is 0.184 e. The number of nitrogens with one attached hydrogen (secondary N) is 1. The van der Waals surface area contributed by atoms with Crippen molar-refractivity contribution < 1.29 is 4.39 Å². The fourth-order valence-electron chi connectivity index (χ4n) is 1.94. The van der Waals surface area contributed by atoms with Gasteiger partial charge in [0.05, 0.1) is 0 Å². The maximum atomic E-state index is 12.9. The monoisotopic (exact) mass is 333 g/mol. The molecule has 0 aliphatic carbocycles. The lowest BCUT2D eigenvalue weighted by Gasteiger charge is -2.04. The number of halogens is 2. The molecule has 0 aliphatic heterocycles. The smallest absolute Gasteiger partial charge is 0.184 e. The molecule has 1 aromatic heterocycles. The first-order valence-electron chi connectivity index (χ1n) is 6.71. The molecule has 0 fully saturated rings. The second kappa shape index (κ2) is 6.94. The molecule has 3 aromatic rings. The lowest BCUT2D eigenvalue weighted by atomic mass is 10.1. The second-order valence-corrected chi connectivity index (χ2v) is 6.09. The highest BCUT2D eigenvalue weighted by Gasteiger charge is 2.16. The molecule has 22 heavy (non-hydrogen) atoms. The summed E-state index contributed by atoms with van der Waals surface area (Å²) in [7, 11) is 0. The molecular formula is C16H13ClFN3S. The molecule has 112 valence electrons. The number of aromatic nitrogens is 3. The molecule has 1 atom stereocenters. The van der Waals surface area contributed by atoms with Gasteiger partial charge in [0.2, 0.25) is 0 Å². The zero-order valence-corrected chi connectivity index (χ0v) is 13.1. The molecule has 0 saturated heterocycles. The van der Waals surface area contributed by atoms with Gasteiger partial charge in [-0.3, -0.25) is 5.10 Å². The standard InChI is InChI=1S/C16H13ClFN3S/c17-14(12-4-2-1-3-5-12)15-19-16(21-20-15)22-10-11-6-8-13(18)9-7-11/h1-9,14H,10H2,(H,19,20,21). The van der Waals surface area contributed by atoms with Crippen molar-refractivity contribution in [1.82, 2.24) is 15.2 Å². The highest BCUT2D eigenvalue weighted by Crippen LogP contribution is 2.27. The molecule has 0 amide bonds. The molecule has 0 aliphatic rings. The number of nitrogens with zero attached hydrogens (tertiary/aromatic N) is 2. The minimum Gasteiger partial charge on any atom is -0.254 e. The molecule has 0 radical (unpaired) electrons. The number of aromatic amines is 1. The van der Waals surface area contributed by atoms with E-state index < -0.39 is 0 Å². The van der Waals surface area contributed by atoms with Gasteiger partial charge in [0.15, 0.2) is 11.0 Å². The predicted molar refractivity (Wildman–Crippen MR) is 86.5 cm³/mol. The average molecular weight is 334 g/mol. The molecule has 0 bridgehead atoms. The third kappa shape index (κ3) is 3.67. The zero-order chi connectivity index (χ0) is 15.4.